The summed E-state index contributed by atoms with van der Waals surface area (Å²) in [6.45, 7) is 11.6. The molecule has 0 spiro atoms. The smallest absolute Gasteiger partial charge is 0.410 e. The van der Waals surface area contributed by atoms with E-state index in [0.29, 0.717) is 13.1 Å². The normalized spacial score (nSPS) is 16.9. The van der Waals surface area contributed by atoms with Crippen molar-refractivity contribution < 1.29 is 14.3 Å². The van der Waals surface area contributed by atoms with Crippen LogP contribution < -0.4 is 0 Å². The van der Waals surface area contributed by atoms with Crippen molar-refractivity contribution >= 4 is 18.1 Å². The molecule has 1 fully saturated rings. The van der Waals surface area contributed by atoms with Gasteiger partial charge < -0.3 is 14.5 Å². The van der Waals surface area contributed by atoms with Gasteiger partial charge in [0.15, 0.2) is 0 Å². The van der Waals surface area contributed by atoms with E-state index in [9.17, 15) is 9.59 Å². The average Bonchev–Trinajstić information content (AvgIpc) is 3.24. The molecule has 1 aromatic carbocycles. The number of piperidine rings is 1. The largest absolute Gasteiger partial charge is 0.444 e. The molecule has 0 saturated carbocycles. The summed E-state index contributed by atoms with van der Waals surface area (Å²) in [6.07, 6.45) is 8.69. The maximum atomic E-state index is 12.8. The summed E-state index contributed by atoms with van der Waals surface area (Å²) < 4.78 is 7.38. The van der Waals surface area contributed by atoms with Crippen LogP contribution in [-0.2, 0) is 9.53 Å². The Kier molecular flexibility index (Phi) is 7.95. The number of likely N-dealkylation sites (tertiary alicyclic amines) is 1. The molecule has 7 nitrogen and oxygen atoms in total. The van der Waals surface area contributed by atoms with Crippen molar-refractivity contribution in [2.24, 2.45) is 5.92 Å². The van der Waals surface area contributed by atoms with E-state index in [-0.39, 0.29) is 24.0 Å². The van der Waals surface area contributed by atoms with E-state index in [0.717, 1.165) is 30.6 Å². The second kappa shape index (κ2) is 10.7. The highest BCUT2D eigenvalue weighted by molar-refractivity contribution is 5.91. The Morgan fingerprint density at radius 2 is 1.97 bits per heavy atom. The lowest BCUT2D eigenvalue weighted by atomic mass is 9.97. The van der Waals surface area contributed by atoms with Crippen LogP contribution in [0.2, 0.25) is 0 Å². The minimum atomic E-state index is -0.530. The van der Waals surface area contributed by atoms with Crippen LogP contribution in [0.25, 0.3) is 11.8 Å². The van der Waals surface area contributed by atoms with E-state index in [1.807, 2.05) is 76.0 Å². The van der Waals surface area contributed by atoms with E-state index in [2.05, 4.69) is 5.10 Å². The molecule has 2 heterocycles. The van der Waals surface area contributed by atoms with Gasteiger partial charge >= 0.3 is 6.09 Å². The minimum absolute atomic E-state index is 0.0134. The van der Waals surface area contributed by atoms with Gasteiger partial charge in [-0.3, -0.25) is 4.79 Å². The fourth-order valence-electron chi connectivity index (χ4n) is 3.93. The molecule has 0 N–H and O–H groups in total. The maximum absolute atomic E-state index is 12.8. The third kappa shape index (κ3) is 7.20. The maximum Gasteiger partial charge on any atom is 0.410 e. The minimum Gasteiger partial charge on any atom is -0.444 e. The van der Waals surface area contributed by atoms with Gasteiger partial charge in [0.1, 0.15) is 5.60 Å². The summed E-state index contributed by atoms with van der Waals surface area (Å²) in [5.74, 6) is 0.215. The lowest BCUT2D eigenvalue weighted by Gasteiger charge is -2.37. The van der Waals surface area contributed by atoms with Crippen molar-refractivity contribution in [2.75, 3.05) is 19.6 Å². The van der Waals surface area contributed by atoms with E-state index >= 15 is 0 Å². The van der Waals surface area contributed by atoms with Crippen LogP contribution in [0.1, 0.15) is 53.0 Å². The third-order valence-corrected chi connectivity index (χ3v) is 5.58. The molecule has 178 valence electrons. The molecule has 0 aliphatic carbocycles. The molecule has 3 rings (SSSR count). The predicted molar refractivity (Wildman–Crippen MR) is 130 cm³/mol. The number of hydrogen-bond donors (Lipinski definition) is 0. The standard InChI is InChI=1S/C26H36N4O3/c1-20(2)29(25(32)33-26(3,4)5)18-22-10-9-15-28(17-22)24(31)14-13-21-16-27-30(19-21)23-11-7-6-8-12-23/h6-8,11-14,16,19-20,22H,9-10,15,17-18H2,1-5H3/b14-13+. The highest BCUT2D eigenvalue weighted by Gasteiger charge is 2.29. The number of hydrogen-bond acceptors (Lipinski definition) is 4. The van der Waals surface area contributed by atoms with Crippen molar-refractivity contribution in [3.8, 4) is 5.69 Å². The van der Waals surface area contributed by atoms with Gasteiger partial charge in [-0.1, -0.05) is 18.2 Å². The van der Waals surface area contributed by atoms with Gasteiger partial charge in [0.25, 0.3) is 0 Å². The molecular formula is C26H36N4O3. The molecule has 2 amide bonds. The molecule has 2 aromatic rings. The molecule has 0 radical (unpaired) electrons. The highest BCUT2D eigenvalue weighted by atomic mass is 16.6. The molecule has 33 heavy (non-hydrogen) atoms. The number of carbonyl (C=O) groups excluding carboxylic acids is 2. The van der Waals surface area contributed by atoms with Crippen LogP contribution in [-0.4, -0.2) is 62.9 Å². The zero-order chi connectivity index (χ0) is 24.0. The first-order chi connectivity index (χ1) is 15.6. The lowest BCUT2D eigenvalue weighted by Crippen LogP contribution is -2.47. The van der Waals surface area contributed by atoms with Crippen LogP contribution in [0.15, 0.2) is 48.8 Å². The fourth-order valence-corrected chi connectivity index (χ4v) is 3.93. The molecule has 1 aromatic heterocycles. The van der Waals surface area contributed by atoms with Crippen LogP contribution in [0.5, 0.6) is 0 Å². The van der Waals surface area contributed by atoms with Crippen LogP contribution in [0.4, 0.5) is 4.79 Å². The van der Waals surface area contributed by atoms with Gasteiger partial charge in [-0.15, -0.1) is 0 Å². The van der Waals surface area contributed by atoms with Crippen LogP contribution >= 0.6 is 0 Å². The van der Waals surface area contributed by atoms with Crippen LogP contribution in [0.3, 0.4) is 0 Å². The Labute approximate surface area is 197 Å². The second-order valence-electron chi connectivity index (χ2n) is 9.91. The third-order valence-electron chi connectivity index (χ3n) is 5.58. The van der Waals surface area contributed by atoms with Gasteiger partial charge in [-0.25, -0.2) is 9.48 Å². The summed E-state index contributed by atoms with van der Waals surface area (Å²) in [5, 5.41) is 4.37. The topological polar surface area (TPSA) is 67.7 Å². The Hall–Kier alpha value is -3.09. The second-order valence-corrected chi connectivity index (χ2v) is 9.91. The van der Waals surface area contributed by atoms with Crippen molar-refractivity contribution in [3.63, 3.8) is 0 Å². The van der Waals surface area contributed by atoms with Crippen molar-refractivity contribution in [1.82, 2.24) is 19.6 Å². The Bertz CT molecular complexity index is 959. The number of carbonyl (C=O) groups is 2. The zero-order valence-corrected chi connectivity index (χ0v) is 20.4. The molecule has 1 unspecified atom stereocenters. The average molecular weight is 453 g/mol. The molecule has 1 atom stereocenters. The van der Waals surface area contributed by atoms with Crippen molar-refractivity contribution in [2.45, 2.75) is 59.1 Å². The number of benzene rings is 1. The number of amides is 2. The molecule has 0 bridgehead atoms. The fraction of sp³-hybridized carbons (Fsp3) is 0.500. The number of para-hydroxylation sites is 1. The van der Waals surface area contributed by atoms with Crippen molar-refractivity contribution in [3.05, 3.63) is 54.4 Å². The van der Waals surface area contributed by atoms with E-state index < -0.39 is 5.60 Å². The molecule has 1 aliphatic heterocycles. The van der Waals surface area contributed by atoms with E-state index in [1.165, 1.54) is 0 Å². The monoisotopic (exact) mass is 452 g/mol. The first-order valence-corrected chi connectivity index (χ1v) is 11.7. The predicted octanol–water partition coefficient (Wildman–Crippen LogP) is 4.77. The highest BCUT2D eigenvalue weighted by Crippen LogP contribution is 2.21. The van der Waals surface area contributed by atoms with Crippen molar-refractivity contribution in [1.29, 1.82) is 0 Å². The van der Waals surface area contributed by atoms with Gasteiger partial charge in [0.05, 0.1) is 11.9 Å². The number of nitrogens with zero attached hydrogens (tertiary/aromatic N) is 4. The summed E-state index contributed by atoms with van der Waals surface area (Å²) in [7, 11) is 0. The van der Waals surface area contributed by atoms with Gasteiger partial charge in [0, 0.05) is 43.5 Å². The van der Waals surface area contributed by atoms with Gasteiger partial charge in [-0.05, 0) is 71.6 Å². The lowest BCUT2D eigenvalue weighted by molar-refractivity contribution is -0.127. The Morgan fingerprint density at radius 3 is 2.64 bits per heavy atom. The summed E-state index contributed by atoms with van der Waals surface area (Å²) >= 11 is 0. The SMILES string of the molecule is CC(C)N(CC1CCCN(C(=O)/C=C/c2cnn(-c3ccccc3)c2)C1)C(=O)OC(C)(C)C. The summed E-state index contributed by atoms with van der Waals surface area (Å²) in [5.41, 5.74) is 1.32. The molecular weight excluding hydrogens is 416 g/mol. The Morgan fingerprint density at radius 1 is 1.24 bits per heavy atom. The Balaban J connectivity index is 1.58. The number of ether oxygens (including phenoxy) is 1. The first-order valence-electron chi connectivity index (χ1n) is 11.7. The quantitative estimate of drug-likeness (QED) is 0.592. The number of aromatic nitrogens is 2. The summed E-state index contributed by atoms with van der Waals surface area (Å²) in [4.78, 5) is 29.1. The summed E-state index contributed by atoms with van der Waals surface area (Å²) in [6, 6.07) is 9.89. The van der Waals surface area contributed by atoms with Gasteiger partial charge in [-0.2, -0.15) is 5.10 Å². The zero-order valence-electron chi connectivity index (χ0n) is 20.4. The first kappa shape index (κ1) is 24.6. The molecule has 1 saturated heterocycles. The molecule has 1 aliphatic rings. The number of rotatable bonds is 6. The van der Waals surface area contributed by atoms with Crippen LogP contribution in [0, 0.1) is 5.92 Å². The molecule has 7 heteroatoms. The van der Waals surface area contributed by atoms with E-state index in [1.54, 1.807) is 27.9 Å². The van der Waals surface area contributed by atoms with Gasteiger partial charge in [0.2, 0.25) is 5.91 Å². The van der Waals surface area contributed by atoms with E-state index in [4.69, 9.17) is 4.74 Å².